The van der Waals surface area contributed by atoms with Crippen LogP contribution in [0.4, 0.5) is 5.69 Å². The van der Waals surface area contributed by atoms with Crippen molar-refractivity contribution in [2.45, 2.75) is 10.6 Å². The van der Waals surface area contributed by atoms with Gasteiger partial charge < -0.3 is 5.73 Å². The molecule has 4 heteroatoms. The van der Waals surface area contributed by atoms with Crippen molar-refractivity contribution in [1.82, 2.24) is 10.2 Å². The van der Waals surface area contributed by atoms with E-state index in [1.165, 1.54) is 5.56 Å². The first-order valence-corrected chi connectivity index (χ1v) is 6.71. The molecule has 90 valence electrons. The predicted octanol–water partition coefficient (Wildman–Crippen LogP) is 3.44. The number of thioether (sulfide) groups is 1. The number of rotatable bonds is 3. The van der Waals surface area contributed by atoms with Crippen LogP contribution < -0.4 is 5.73 Å². The third-order valence-electron chi connectivity index (χ3n) is 2.81. The second-order valence-corrected chi connectivity index (χ2v) is 5.14. The van der Waals surface area contributed by atoms with Crippen LogP contribution in [0.2, 0.25) is 0 Å². The Morgan fingerprint density at radius 2 is 2.00 bits per heavy atom. The van der Waals surface area contributed by atoms with Crippen LogP contribution in [0.25, 0.3) is 10.9 Å². The minimum Gasteiger partial charge on any atom is -0.398 e. The summed E-state index contributed by atoms with van der Waals surface area (Å²) in [6.07, 6.45) is 1.79. The van der Waals surface area contributed by atoms with E-state index in [9.17, 15) is 0 Å². The summed E-state index contributed by atoms with van der Waals surface area (Å²) in [5, 5.41) is 8.03. The number of hydrogen-bond donors (Lipinski definition) is 2. The van der Waals surface area contributed by atoms with Crippen LogP contribution in [0.1, 0.15) is 5.56 Å². The number of benzene rings is 2. The van der Waals surface area contributed by atoms with E-state index in [2.05, 4.69) is 40.5 Å². The van der Waals surface area contributed by atoms with Crippen LogP contribution >= 0.6 is 11.8 Å². The molecule has 3 aromatic rings. The number of nitrogens with zero attached hydrogens (tertiary/aromatic N) is 1. The summed E-state index contributed by atoms with van der Waals surface area (Å²) in [4.78, 5) is 1.09. The first-order chi connectivity index (χ1) is 8.83. The first kappa shape index (κ1) is 11.2. The van der Waals surface area contributed by atoms with Gasteiger partial charge in [0.15, 0.2) is 0 Å². The van der Waals surface area contributed by atoms with Crippen LogP contribution in [-0.2, 0) is 5.75 Å². The SMILES string of the molecule is Nc1cc2cn[nH]c2cc1SCc1ccccc1. The van der Waals surface area contributed by atoms with Gasteiger partial charge in [-0.25, -0.2) is 0 Å². The average Bonchev–Trinajstić information content (AvgIpc) is 2.84. The first-order valence-electron chi connectivity index (χ1n) is 5.72. The standard InChI is InChI=1S/C14H13N3S/c15-12-6-11-8-16-17-13(11)7-14(12)18-9-10-4-2-1-3-5-10/h1-8H,9,15H2,(H,16,17). The Morgan fingerprint density at radius 3 is 2.83 bits per heavy atom. The third-order valence-corrected chi connectivity index (χ3v) is 3.95. The van der Waals surface area contributed by atoms with Crippen molar-refractivity contribution < 1.29 is 0 Å². The molecular formula is C14H13N3S. The molecule has 0 fully saturated rings. The number of nitrogens with one attached hydrogen (secondary N) is 1. The molecule has 2 aromatic carbocycles. The van der Waals surface area contributed by atoms with Gasteiger partial charge in [-0.2, -0.15) is 5.10 Å². The average molecular weight is 255 g/mol. The highest BCUT2D eigenvalue weighted by molar-refractivity contribution is 7.98. The van der Waals surface area contributed by atoms with E-state index in [4.69, 9.17) is 5.73 Å². The third kappa shape index (κ3) is 2.19. The van der Waals surface area contributed by atoms with Crippen molar-refractivity contribution >= 4 is 28.4 Å². The van der Waals surface area contributed by atoms with Gasteiger partial charge in [-0.05, 0) is 17.7 Å². The molecule has 0 atom stereocenters. The van der Waals surface area contributed by atoms with Crippen LogP contribution in [0.3, 0.4) is 0 Å². The number of H-pyrrole nitrogens is 1. The van der Waals surface area contributed by atoms with Gasteiger partial charge in [0.1, 0.15) is 0 Å². The Hall–Kier alpha value is -1.94. The van der Waals surface area contributed by atoms with Gasteiger partial charge in [-0.1, -0.05) is 30.3 Å². The molecule has 0 aliphatic carbocycles. The molecule has 0 aliphatic heterocycles. The fraction of sp³-hybridized carbons (Fsp3) is 0.0714. The molecule has 0 saturated carbocycles. The van der Waals surface area contributed by atoms with Gasteiger partial charge in [0, 0.05) is 21.7 Å². The zero-order valence-electron chi connectivity index (χ0n) is 9.76. The van der Waals surface area contributed by atoms with E-state index in [0.717, 1.165) is 27.2 Å². The van der Waals surface area contributed by atoms with Crippen molar-refractivity contribution in [2.75, 3.05) is 5.73 Å². The lowest BCUT2D eigenvalue weighted by Gasteiger charge is -2.05. The summed E-state index contributed by atoms with van der Waals surface area (Å²) >= 11 is 1.75. The quantitative estimate of drug-likeness (QED) is 0.557. The molecule has 1 heterocycles. The van der Waals surface area contributed by atoms with Crippen molar-refractivity contribution in [1.29, 1.82) is 0 Å². The highest BCUT2D eigenvalue weighted by Gasteiger charge is 2.04. The van der Waals surface area contributed by atoms with Crippen LogP contribution in [0.15, 0.2) is 53.6 Å². The summed E-state index contributed by atoms with van der Waals surface area (Å²) < 4.78 is 0. The molecule has 3 N–H and O–H groups in total. The van der Waals surface area contributed by atoms with Gasteiger partial charge >= 0.3 is 0 Å². The Balaban J connectivity index is 1.84. The normalized spacial score (nSPS) is 10.9. The lowest BCUT2D eigenvalue weighted by molar-refractivity contribution is 1.12. The van der Waals surface area contributed by atoms with Crippen molar-refractivity contribution in [3.8, 4) is 0 Å². The molecule has 0 amide bonds. The lowest BCUT2D eigenvalue weighted by Crippen LogP contribution is -1.89. The molecule has 0 unspecified atom stereocenters. The summed E-state index contributed by atoms with van der Waals surface area (Å²) in [7, 11) is 0. The zero-order valence-corrected chi connectivity index (χ0v) is 10.6. The van der Waals surface area contributed by atoms with Crippen LogP contribution in [-0.4, -0.2) is 10.2 Å². The zero-order chi connectivity index (χ0) is 12.4. The molecule has 3 nitrogen and oxygen atoms in total. The predicted molar refractivity (Wildman–Crippen MR) is 76.5 cm³/mol. The highest BCUT2D eigenvalue weighted by atomic mass is 32.2. The van der Waals surface area contributed by atoms with E-state index >= 15 is 0 Å². The maximum absolute atomic E-state index is 6.05. The largest absolute Gasteiger partial charge is 0.398 e. The molecular weight excluding hydrogens is 242 g/mol. The number of aromatic amines is 1. The number of nitrogens with two attached hydrogens (primary N) is 1. The van der Waals surface area contributed by atoms with E-state index in [-0.39, 0.29) is 0 Å². The molecule has 0 bridgehead atoms. The Bertz CT molecular complexity index is 661. The molecule has 0 spiro atoms. The fourth-order valence-corrected chi connectivity index (χ4v) is 2.79. The smallest absolute Gasteiger partial charge is 0.0662 e. The molecule has 1 aromatic heterocycles. The van der Waals surface area contributed by atoms with E-state index in [0.29, 0.717) is 0 Å². The monoisotopic (exact) mass is 255 g/mol. The van der Waals surface area contributed by atoms with E-state index in [1.807, 2.05) is 12.1 Å². The maximum atomic E-state index is 6.05. The lowest BCUT2D eigenvalue weighted by atomic mass is 10.2. The van der Waals surface area contributed by atoms with E-state index in [1.54, 1.807) is 18.0 Å². The number of nitrogen functional groups attached to an aromatic ring is 1. The van der Waals surface area contributed by atoms with Crippen LogP contribution in [0.5, 0.6) is 0 Å². The number of anilines is 1. The van der Waals surface area contributed by atoms with Gasteiger partial charge in [0.05, 0.1) is 11.7 Å². The molecule has 0 radical (unpaired) electrons. The van der Waals surface area contributed by atoms with Gasteiger partial charge in [-0.3, -0.25) is 5.10 Å². The van der Waals surface area contributed by atoms with Gasteiger partial charge in [-0.15, -0.1) is 11.8 Å². The second-order valence-electron chi connectivity index (χ2n) is 4.12. The maximum Gasteiger partial charge on any atom is 0.0662 e. The number of hydrogen-bond acceptors (Lipinski definition) is 3. The fourth-order valence-electron chi connectivity index (χ4n) is 1.85. The molecule has 0 aliphatic rings. The topological polar surface area (TPSA) is 54.7 Å². The van der Waals surface area contributed by atoms with Crippen molar-refractivity contribution in [3.63, 3.8) is 0 Å². The highest BCUT2D eigenvalue weighted by Crippen LogP contribution is 2.31. The summed E-state index contributed by atoms with van der Waals surface area (Å²) in [5.41, 5.74) is 9.18. The molecule has 3 rings (SSSR count). The summed E-state index contributed by atoms with van der Waals surface area (Å²) in [6.45, 7) is 0. The van der Waals surface area contributed by atoms with Crippen LogP contribution in [0, 0.1) is 0 Å². The van der Waals surface area contributed by atoms with Gasteiger partial charge in [0.2, 0.25) is 0 Å². The number of fused-ring (bicyclic) bond motifs is 1. The summed E-state index contributed by atoms with van der Waals surface area (Å²) in [5.74, 6) is 0.921. The Kier molecular flexibility index (Phi) is 2.94. The number of aromatic nitrogens is 2. The Morgan fingerprint density at radius 1 is 1.17 bits per heavy atom. The second kappa shape index (κ2) is 4.74. The minimum atomic E-state index is 0.810. The summed E-state index contributed by atoms with van der Waals surface area (Å²) in [6, 6.07) is 14.4. The minimum absolute atomic E-state index is 0.810. The van der Waals surface area contributed by atoms with Crippen molar-refractivity contribution in [2.24, 2.45) is 0 Å². The molecule has 18 heavy (non-hydrogen) atoms. The van der Waals surface area contributed by atoms with Gasteiger partial charge in [0.25, 0.3) is 0 Å². The van der Waals surface area contributed by atoms with Crippen molar-refractivity contribution in [3.05, 3.63) is 54.2 Å². The van der Waals surface area contributed by atoms with E-state index < -0.39 is 0 Å². The molecule has 0 saturated heterocycles. The Labute approximate surface area is 109 Å².